The van der Waals surface area contributed by atoms with Crippen molar-refractivity contribution in [2.75, 3.05) is 31.1 Å². The van der Waals surface area contributed by atoms with Crippen LogP contribution in [-0.4, -0.2) is 48.1 Å². The molecule has 1 aromatic carbocycles. The number of carbonyl (C=O) groups excluding carboxylic acids is 1. The van der Waals surface area contributed by atoms with Crippen LogP contribution in [0, 0.1) is 0 Å². The Morgan fingerprint density at radius 1 is 1.11 bits per heavy atom. The predicted octanol–water partition coefficient (Wildman–Crippen LogP) is 3.67. The monoisotopic (exact) mass is 366 g/mol. The van der Waals surface area contributed by atoms with E-state index in [0.29, 0.717) is 0 Å². The topological polar surface area (TPSA) is 48.5 Å². The second-order valence-electron chi connectivity index (χ2n) is 7.99. The van der Waals surface area contributed by atoms with Gasteiger partial charge in [0.15, 0.2) is 0 Å². The highest BCUT2D eigenvalue weighted by atomic mass is 16.2. The van der Waals surface area contributed by atoms with Gasteiger partial charge in [0.25, 0.3) is 0 Å². The summed E-state index contributed by atoms with van der Waals surface area (Å²) in [6.45, 7) is 9.70. The van der Waals surface area contributed by atoms with Crippen molar-refractivity contribution in [2.45, 2.75) is 38.6 Å². The van der Waals surface area contributed by atoms with E-state index < -0.39 is 0 Å². The van der Waals surface area contributed by atoms with Crippen LogP contribution in [0.5, 0.6) is 0 Å². The molecular formula is C22H30N4O. The van der Waals surface area contributed by atoms with E-state index in [-0.39, 0.29) is 17.5 Å². The molecule has 5 nitrogen and oxygen atoms in total. The third-order valence-electron chi connectivity index (χ3n) is 5.32. The number of anilines is 1. The third kappa shape index (κ3) is 5.00. The largest absolute Gasteiger partial charge is 0.367 e. The third-order valence-corrected chi connectivity index (χ3v) is 5.32. The smallest absolute Gasteiger partial charge is 0.317 e. The predicted molar refractivity (Wildman–Crippen MR) is 110 cm³/mol. The Kier molecular flexibility index (Phi) is 5.99. The van der Waals surface area contributed by atoms with Crippen molar-refractivity contribution in [3.8, 4) is 0 Å². The fourth-order valence-corrected chi connectivity index (χ4v) is 3.83. The van der Waals surface area contributed by atoms with Crippen molar-refractivity contribution in [1.82, 2.24) is 15.2 Å². The second-order valence-corrected chi connectivity index (χ2v) is 7.99. The molecule has 1 atom stereocenters. The highest BCUT2D eigenvalue weighted by molar-refractivity contribution is 5.75. The molecule has 1 aliphatic rings. The lowest BCUT2D eigenvalue weighted by molar-refractivity contribution is 0.189. The highest BCUT2D eigenvalue weighted by Gasteiger charge is 2.26. The number of hydrogen-bond donors (Lipinski definition) is 1. The summed E-state index contributed by atoms with van der Waals surface area (Å²) in [6.07, 6.45) is 4.56. The summed E-state index contributed by atoms with van der Waals surface area (Å²) in [6, 6.07) is 14.7. The summed E-state index contributed by atoms with van der Waals surface area (Å²) in [5, 5.41) is 3.19. The van der Waals surface area contributed by atoms with Crippen LogP contribution < -0.4 is 10.2 Å². The minimum Gasteiger partial charge on any atom is -0.367 e. The van der Waals surface area contributed by atoms with Crippen molar-refractivity contribution in [3.63, 3.8) is 0 Å². The van der Waals surface area contributed by atoms with Gasteiger partial charge >= 0.3 is 6.03 Å². The van der Waals surface area contributed by atoms with Gasteiger partial charge in [-0.3, -0.25) is 4.98 Å². The Hall–Kier alpha value is -2.56. The molecule has 27 heavy (non-hydrogen) atoms. The number of hydrogen-bond acceptors (Lipinski definition) is 3. The van der Waals surface area contributed by atoms with E-state index in [0.717, 1.165) is 38.3 Å². The summed E-state index contributed by atoms with van der Waals surface area (Å²) in [7, 11) is 0. The van der Waals surface area contributed by atoms with Gasteiger partial charge in [0.1, 0.15) is 0 Å². The molecule has 1 N–H and O–H groups in total. The zero-order chi connectivity index (χ0) is 19.3. The number of carbonyl (C=O) groups is 1. The summed E-state index contributed by atoms with van der Waals surface area (Å²) in [5.41, 5.74) is 2.44. The van der Waals surface area contributed by atoms with Crippen LogP contribution in [0.2, 0.25) is 0 Å². The summed E-state index contributed by atoms with van der Waals surface area (Å²) >= 11 is 0. The first-order chi connectivity index (χ1) is 13.0. The van der Waals surface area contributed by atoms with E-state index in [1.165, 1.54) is 5.56 Å². The fourth-order valence-electron chi connectivity index (χ4n) is 3.83. The highest BCUT2D eigenvalue weighted by Crippen LogP contribution is 2.28. The van der Waals surface area contributed by atoms with Gasteiger partial charge in [-0.2, -0.15) is 0 Å². The van der Waals surface area contributed by atoms with Gasteiger partial charge in [0, 0.05) is 38.4 Å². The van der Waals surface area contributed by atoms with Crippen LogP contribution in [-0.2, 0) is 5.41 Å². The van der Waals surface area contributed by atoms with Crippen molar-refractivity contribution in [3.05, 3.63) is 60.4 Å². The summed E-state index contributed by atoms with van der Waals surface area (Å²) < 4.78 is 0. The first-order valence-electron chi connectivity index (χ1n) is 9.72. The molecule has 5 heteroatoms. The standard InChI is InChI=1S/C22H30N4O/c1-18(16-22(2,3)19-8-5-4-6-9-19)24-21(27)26-14-12-25(13-15-26)20-10-7-11-23-17-20/h4-11,17-18H,12-16H2,1-3H3,(H,24,27)/t18-/m1/s1. The SMILES string of the molecule is C[C@H](CC(C)(C)c1ccccc1)NC(=O)N1CCN(c2cccnc2)CC1. The lowest BCUT2D eigenvalue weighted by atomic mass is 9.79. The number of amides is 2. The van der Waals surface area contributed by atoms with Gasteiger partial charge in [-0.05, 0) is 36.5 Å². The molecule has 0 saturated carbocycles. The average molecular weight is 367 g/mol. The summed E-state index contributed by atoms with van der Waals surface area (Å²) in [5.74, 6) is 0. The first kappa shape index (κ1) is 19.2. The Morgan fingerprint density at radius 3 is 2.44 bits per heavy atom. The van der Waals surface area contributed by atoms with Gasteiger partial charge < -0.3 is 15.1 Å². The minimum atomic E-state index is 0.0208. The zero-order valence-corrected chi connectivity index (χ0v) is 16.6. The van der Waals surface area contributed by atoms with Crippen molar-refractivity contribution >= 4 is 11.7 Å². The average Bonchev–Trinajstić information content (AvgIpc) is 2.69. The van der Waals surface area contributed by atoms with E-state index in [9.17, 15) is 4.79 Å². The first-order valence-corrected chi connectivity index (χ1v) is 9.72. The van der Waals surface area contributed by atoms with Crippen molar-refractivity contribution < 1.29 is 4.79 Å². The quantitative estimate of drug-likeness (QED) is 0.878. The van der Waals surface area contributed by atoms with E-state index in [1.54, 1.807) is 6.20 Å². The maximum atomic E-state index is 12.7. The van der Waals surface area contributed by atoms with Gasteiger partial charge in [0.2, 0.25) is 0 Å². The maximum absolute atomic E-state index is 12.7. The van der Waals surface area contributed by atoms with Crippen LogP contribution in [0.1, 0.15) is 32.8 Å². The van der Waals surface area contributed by atoms with Crippen LogP contribution >= 0.6 is 0 Å². The number of urea groups is 1. The molecule has 0 aliphatic carbocycles. The lowest BCUT2D eigenvalue weighted by Crippen LogP contribution is -2.53. The van der Waals surface area contributed by atoms with Crippen LogP contribution in [0.3, 0.4) is 0 Å². The maximum Gasteiger partial charge on any atom is 0.317 e. The van der Waals surface area contributed by atoms with E-state index in [2.05, 4.69) is 66.3 Å². The van der Waals surface area contributed by atoms with Gasteiger partial charge in [-0.25, -0.2) is 4.79 Å². The number of nitrogens with zero attached hydrogens (tertiary/aromatic N) is 3. The number of piperazine rings is 1. The Labute approximate surface area is 162 Å². The second kappa shape index (κ2) is 8.42. The molecule has 1 saturated heterocycles. The number of rotatable bonds is 5. The number of pyridine rings is 1. The lowest BCUT2D eigenvalue weighted by Gasteiger charge is -2.37. The molecule has 1 aromatic heterocycles. The van der Waals surface area contributed by atoms with E-state index in [1.807, 2.05) is 23.2 Å². The Bertz CT molecular complexity index is 724. The molecule has 2 aromatic rings. The molecular weight excluding hydrogens is 336 g/mol. The normalized spacial score (nSPS) is 16.1. The molecule has 1 aliphatic heterocycles. The van der Waals surface area contributed by atoms with E-state index >= 15 is 0 Å². The molecule has 2 heterocycles. The Balaban J connectivity index is 1.49. The van der Waals surface area contributed by atoms with E-state index in [4.69, 9.17) is 0 Å². The van der Waals surface area contributed by atoms with Crippen molar-refractivity contribution in [1.29, 1.82) is 0 Å². The molecule has 0 spiro atoms. The number of aromatic nitrogens is 1. The van der Waals surface area contributed by atoms with Crippen LogP contribution in [0.15, 0.2) is 54.9 Å². The van der Waals surface area contributed by atoms with Crippen LogP contribution in [0.25, 0.3) is 0 Å². The van der Waals surface area contributed by atoms with Gasteiger partial charge in [-0.15, -0.1) is 0 Å². The molecule has 3 rings (SSSR count). The molecule has 1 fully saturated rings. The summed E-state index contributed by atoms with van der Waals surface area (Å²) in [4.78, 5) is 21.0. The molecule has 0 radical (unpaired) electrons. The molecule has 0 bridgehead atoms. The molecule has 0 unspecified atom stereocenters. The number of benzene rings is 1. The van der Waals surface area contributed by atoms with Crippen molar-refractivity contribution in [2.24, 2.45) is 0 Å². The fraction of sp³-hybridized carbons (Fsp3) is 0.455. The molecule has 144 valence electrons. The Morgan fingerprint density at radius 2 is 1.81 bits per heavy atom. The zero-order valence-electron chi connectivity index (χ0n) is 16.6. The minimum absolute atomic E-state index is 0.0208. The number of nitrogens with one attached hydrogen (secondary N) is 1. The van der Waals surface area contributed by atoms with Gasteiger partial charge in [0.05, 0.1) is 11.9 Å². The molecule has 2 amide bonds. The van der Waals surface area contributed by atoms with Gasteiger partial charge in [-0.1, -0.05) is 44.2 Å². The van der Waals surface area contributed by atoms with Crippen LogP contribution in [0.4, 0.5) is 10.5 Å².